The molecular weight excluding hydrogens is 1220 g/mol. The van der Waals surface area contributed by atoms with E-state index in [0.29, 0.717) is 36.8 Å². The van der Waals surface area contributed by atoms with Crippen LogP contribution in [0.1, 0.15) is 114 Å². The third-order valence-electron chi connectivity index (χ3n) is 18.1. The van der Waals surface area contributed by atoms with Gasteiger partial charge in [0.2, 0.25) is 53.2 Å². The topological polar surface area (TPSA) is 524 Å². The summed E-state index contributed by atoms with van der Waals surface area (Å²) in [5.41, 5.74) is 39.0. The molecule has 2 unspecified atom stereocenters. The molecule has 0 spiro atoms. The molecule has 1 saturated carbocycles. The van der Waals surface area contributed by atoms with Crippen molar-refractivity contribution in [2.24, 2.45) is 61.0 Å². The van der Waals surface area contributed by atoms with Crippen LogP contribution in [0.2, 0.25) is 0 Å². The van der Waals surface area contributed by atoms with E-state index in [-0.39, 0.29) is 127 Å². The molecule has 12 atom stereocenters. The highest BCUT2D eigenvalue weighted by Crippen LogP contribution is 2.41. The molecule has 7 rings (SSSR count). The average Bonchev–Trinajstić information content (AvgIpc) is 1.46. The molecule has 4 heterocycles. The fourth-order valence-electron chi connectivity index (χ4n) is 13.4. The molecule has 9 amide bonds. The van der Waals surface area contributed by atoms with Crippen molar-refractivity contribution in [2.75, 3.05) is 45.9 Å². The number of likely N-dealkylation sites (tertiary alicyclic amines) is 3. The second-order valence-electron chi connectivity index (χ2n) is 25.0. The van der Waals surface area contributed by atoms with Crippen LogP contribution in [0.15, 0.2) is 69.6 Å². The lowest BCUT2D eigenvalue weighted by Crippen LogP contribution is -2.65. The van der Waals surface area contributed by atoms with Crippen molar-refractivity contribution in [3.05, 3.63) is 71.3 Å². The van der Waals surface area contributed by atoms with Crippen molar-refractivity contribution >= 4 is 77.0 Å². The number of hydrogen-bond acceptors (Lipinski definition) is 16. The molecule has 2 aromatic carbocycles. The minimum absolute atomic E-state index is 0.00215. The number of aliphatic hydroxyl groups excluding tert-OH is 2. The first-order chi connectivity index (χ1) is 44.8. The van der Waals surface area contributed by atoms with Crippen LogP contribution in [-0.2, 0) is 67.3 Å². The maximum absolute atomic E-state index is 15.4. The molecule has 2 aromatic rings. The summed E-state index contributed by atoms with van der Waals surface area (Å²) in [7, 11) is 0. The quantitative estimate of drug-likeness (QED) is 0.0199. The zero-order valence-electron chi connectivity index (χ0n) is 53.1. The van der Waals surface area contributed by atoms with Crippen LogP contribution in [0.4, 0.5) is 0 Å². The second kappa shape index (κ2) is 33.6. The van der Waals surface area contributed by atoms with Gasteiger partial charge in [-0.3, -0.25) is 58.1 Å². The Labute approximate surface area is 545 Å². The maximum Gasteiger partial charge on any atom is 0.326 e. The summed E-state index contributed by atoms with van der Waals surface area (Å²) in [5.74, 6) is -8.44. The number of nitrogens with one attached hydrogen (secondary N) is 5. The molecule has 5 aliphatic rings. The van der Waals surface area contributed by atoms with E-state index in [4.69, 9.17) is 40.1 Å². The highest BCUT2D eigenvalue weighted by molar-refractivity contribution is 6.00. The van der Waals surface area contributed by atoms with Gasteiger partial charge < -0.3 is 102 Å². The number of carbonyl (C=O) groups excluding carboxylic acids is 9. The van der Waals surface area contributed by atoms with Crippen LogP contribution < -0.4 is 66.7 Å². The lowest BCUT2D eigenvalue weighted by Gasteiger charge is -2.42. The van der Waals surface area contributed by atoms with Gasteiger partial charge >= 0.3 is 5.97 Å². The number of β-amino-alcohol motifs (C(OH)–C–C–N with tert-alkyl or cyclic N) is 1. The number of carboxylic acids is 1. The second-order valence-corrected chi connectivity index (χ2v) is 25.0. The van der Waals surface area contributed by atoms with Crippen molar-refractivity contribution in [3.63, 3.8) is 0 Å². The molecule has 1 aliphatic carbocycles. The Morgan fingerprint density at radius 3 is 1.88 bits per heavy atom. The van der Waals surface area contributed by atoms with Gasteiger partial charge in [0.05, 0.1) is 25.3 Å². The largest absolute Gasteiger partial charge is 0.480 e. The Hall–Kier alpha value is -9.17. The van der Waals surface area contributed by atoms with Gasteiger partial charge in [0.1, 0.15) is 47.8 Å². The van der Waals surface area contributed by atoms with Crippen LogP contribution in [-0.4, -0.2) is 224 Å². The molecule has 3 saturated heterocycles. The van der Waals surface area contributed by atoms with Crippen molar-refractivity contribution in [2.45, 2.75) is 182 Å². The Morgan fingerprint density at radius 1 is 0.638 bits per heavy atom. The first kappa shape index (κ1) is 72.3. The smallest absolute Gasteiger partial charge is 0.326 e. The molecule has 0 aromatic heterocycles. The Kier molecular flexibility index (Phi) is 25.8. The van der Waals surface area contributed by atoms with E-state index in [1.54, 1.807) is 48.5 Å². The molecule has 0 radical (unpaired) electrons. The van der Waals surface area contributed by atoms with E-state index in [0.717, 1.165) is 23.3 Å². The molecule has 4 aliphatic heterocycles. The van der Waals surface area contributed by atoms with Crippen molar-refractivity contribution in [1.29, 1.82) is 0 Å². The lowest BCUT2D eigenvalue weighted by molar-refractivity contribution is -0.154. The van der Waals surface area contributed by atoms with Crippen molar-refractivity contribution in [3.8, 4) is 0 Å². The standard InChI is InChI=1S/C62H93N19O13/c1-62(30-35-13-3-2-4-14-35,77-49(84)31-73-51(86)46-29-39(83)33-80(46)55(90)45-22-12-26-78(45)53(88)41(19-10-24-71-60(66)67)74-50(85)40(63)18-9-23-70-59(64)65)58(94)76-43(34-82)54(89)79-32-38-17-6-5-15-36(38)27-48(79)56(91)81-44-21-8-7-16-37(44)28-47(81)52(87)75-42(57(92)93)20-11-25-72-61(68)69/h2-6,13-15,17,37,39-48,82-83H,7-12,16,18-34,63H2,1H3,(H,73,86)(H,74,85)(H,75,87)(H,76,94)(H,77,84)(H,92,93)(H4,64,65,70)(H4,66,67,71)(H4,68,69,72)/t37?,39-,40+,41-,42-,43-,44?,45-,46-,47-,48+,62-/m0/s1. The van der Waals surface area contributed by atoms with E-state index in [1.165, 1.54) is 21.6 Å². The maximum atomic E-state index is 15.4. The fourth-order valence-corrected chi connectivity index (χ4v) is 13.4. The Balaban J connectivity index is 1.05. The van der Waals surface area contributed by atoms with Crippen LogP contribution in [0.25, 0.3) is 0 Å². The summed E-state index contributed by atoms with van der Waals surface area (Å²) in [6.07, 6.45) is 3.26. The Morgan fingerprint density at radius 2 is 1.24 bits per heavy atom. The molecule has 94 heavy (non-hydrogen) atoms. The predicted molar refractivity (Wildman–Crippen MR) is 344 cm³/mol. The number of hydrogen-bond donors (Lipinski definition) is 15. The zero-order valence-corrected chi connectivity index (χ0v) is 53.1. The minimum Gasteiger partial charge on any atom is -0.480 e. The molecule has 4 fully saturated rings. The normalized spacial score (nSPS) is 22.5. The monoisotopic (exact) mass is 1310 g/mol. The first-order valence-corrected chi connectivity index (χ1v) is 32.1. The number of benzene rings is 2. The van der Waals surface area contributed by atoms with Crippen molar-refractivity contribution in [1.82, 2.24) is 46.2 Å². The predicted octanol–water partition coefficient (Wildman–Crippen LogP) is -4.69. The van der Waals surface area contributed by atoms with E-state index < -0.39 is 138 Å². The van der Waals surface area contributed by atoms with Gasteiger partial charge in [0.25, 0.3) is 0 Å². The zero-order chi connectivity index (χ0) is 68.4. The van der Waals surface area contributed by atoms with Crippen LogP contribution in [0.5, 0.6) is 0 Å². The van der Waals surface area contributed by atoms with Gasteiger partial charge in [-0.2, -0.15) is 0 Å². The van der Waals surface area contributed by atoms with Gasteiger partial charge in [-0.05, 0) is 100 Å². The van der Waals surface area contributed by atoms with Crippen LogP contribution in [0.3, 0.4) is 0 Å². The molecule has 32 heteroatoms. The number of carboxylic acid groups (broad SMARTS) is 1. The van der Waals surface area contributed by atoms with Crippen LogP contribution >= 0.6 is 0 Å². The number of amides is 9. The number of aliphatic carboxylic acids is 1. The summed E-state index contributed by atoms with van der Waals surface area (Å²) in [5, 5.41) is 45.3. The first-order valence-electron chi connectivity index (χ1n) is 32.1. The summed E-state index contributed by atoms with van der Waals surface area (Å²) < 4.78 is 0. The number of guanidine groups is 3. The fraction of sp³-hybridized carbons (Fsp3) is 0.597. The number of nitrogens with zero attached hydrogens (tertiary/aromatic N) is 7. The number of carbonyl (C=O) groups is 10. The minimum atomic E-state index is -1.91. The van der Waals surface area contributed by atoms with E-state index in [1.807, 2.05) is 6.07 Å². The lowest BCUT2D eigenvalue weighted by atomic mass is 9.84. The molecule has 514 valence electrons. The van der Waals surface area contributed by atoms with Gasteiger partial charge in [0, 0.05) is 64.6 Å². The van der Waals surface area contributed by atoms with Crippen LogP contribution in [0, 0.1) is 5.92 Å². The summed E-state index contributed by atoms with van der Waals surface area (Å²) in [6.45, 7) is -0.141. The number of aliphatic imine (C=N–C) groups is 3. The summed E-state index contributed by atoms with van der Waals surface area (Å²) in [4.78, 5) is 160. The average molecular weight is 1310 g/mol. The van der Waals surface area contributed by atoms with Gasteiger partial charge in [-0.25, -0.2) is 4.79 Å². The highest BCUT2D eigenvalue weighted by Gasteiger charge is 2.52. The van der Waals surface area contributed by atoms with E-state index >= 15 is 9.59 Å². The number of fused-ring (bicyclic) bond motifs is 2. The van der Waals surface area contributed by atoms with Gasteiger partial charge in [-0.15, -0.1) is 0 Å². The number of rotatable bonds is 30. The molecule has 22 N–H and O–H groups in total. The van der Waals surface area contributed by atoms with Gasteiger partial charge in [0.15, 0.2) is 17.9 Å². The molecule has 0 bridgehead atoms. The van der Waals surface area contributed by atoms with E-state index in [2.05, 4.69) is 41.6 Å². The number of nitrogens with two attached hydrogens (primary N) is 7. The number of aliphatic hydroxyl groups is 2. The third kappa shape index (κ3) is 19.0. The van der Waals surface area contributed by atoms with E-state index in [9.17, 15) is 53.7 Å². The summed E-state index contributed by atoms with van der Waals surface area (Å²) >= 11 is 0. The Bertz CT molecular complexity index is 3140. The van der Waals surface area contributed by atoms with Gasteiger partial charge in [-0.1, -0.05) is 67.4 Å². The third-order valence-corrected chi connectivity index (χ3v) is 18.1. The highest BCUT2D eigenvalue weighted by atomic mass is 16.4. The molecule has 32 nitrogen and oxygen atoms in total. The van der Waals surface area contributed by atoms with Crippen molar-refractivity contribution < 1.29 is 63.3 Å². The SMILES string of the molecule is C[C@@](Cc1ccccc1)(NC(=O)CNC(=O)[C@@H]1C[C@H](O)CN1C(=O)[C@@H]1CCCN1C(=O)[C@H](CCCN=C(N)N)NC(=O)[C@H](N)CCCN=C(N)N)C(=O)N[C@@H](CO)C(=O)N1Cc2ccccc2C[C@@H]1C(=O)N1C2CCCCC2C[C@H]1C(=O)N[C@@H](CCCN=C(N)N)C(=O)O. The summed E-state index contributed by atoms with van der Waals surface area (Å²) in [6, 6.07) is 5.36. The molecular formula is C62H93N19O13.